The van der Waals surface area contributed by atoms with Crippen LogP contribution in [-0.2, 0) is 0 Å². The van der Waals surface area contributed by atoms with Gasteiger partial charge in [-0.25, -0.2) is 9.97 Å². The summed E-state index contributed by atoms with van der Waals surface area (Å²) in [5.74, 6) is 3.05. The molecule has 0 aliphatic carbocycles. The summed E-state index contributed by atoms with van der Waals surface area (Å²) in [6.45, 7) is 14.8. The van der Waals surface area contributed by atoms with E-state index in [1.54, 1.807) is 0 Å². The van der Waals surface area contributed by atoms with Crippen LogP contribution in [0, 0.1) is 33.6 Å². The number of piperidine rings is 1. The Morgan fingerprint density at radius 2 is 1.69 bits per heavy atom. The van der Waals surface area contributed by atoms with Gasteiger partial charge in [-0.3, -0.25) is 0 Å². The third-order valence-electron chi connectivity index (χ3n) is 5.52. The van der Waals surface area contributed by atoms with Gasteiger partial charge in [0.1, 0.15) is 17.5 Å². The lowest BCUT2D eigenvalue weighted by atomic mass is 9.98. The van der Waals surface area contributed by atoms with Crippen molar-refractivity contribution in [3.05, 3.63) is 52.5 Å². The third kappa shape index (κ3) is 4.96. The minimum atomic E-state index is 0.280. The lowest BCUT2D eigenvalue weighted by Gasteiger charge is -2.33. The van der Waals surface area contributed by atoms with E-state index in [0.29, 0.717) is 5.92 Å². The molecule has 1 aromatic heterocycles. The van der Waals surface area contributed by atoms with E-state index in [-0.39, 0.29) is 6.61 Å². The molecule has 5 nitrogen and oxygen atoms in total. The van der Waals surface area contributed by atoms with E-state index in [1.807, 2.05) is 6.92 Å². The van der Waals surface area contributed by atoms with Crippen molar-refractivity contribution in [1.82, 2.24) is 9.97 Å². The summed E-state index contributed by atoms with van der Waals surface area (Å²) in [5, 5.41) is 9.43. The molecule has 29 heavy (non-hydrogen) atoms. The molecule has 0 saturated carbocycles. The van der Waals surface area contributed by atoms with Crippen molar-refractivity contribution in [2.24, 2.45) is 5.92 Å². The van der Waals surface area contributed by atoms with Crippen molar-refractivity contribution >= 4 is 17.3 Å². The first-order chi connectivity index (χ1) is 13.8. The SMILES string of the molecule is CC(C)=CN(c1cc(N2CCC(CO)CC2)nc(C)n1)c1c(C)cc(C)cc1C. The normalized spacial score (nSPS) is 14.8. The van der Waals surface area contributed by atoms with Crippen LogP contribution in [0.15, 0.2) is 30.0 Å². The molecule has 5 heteroatoms. The number of aryl methyl sites for hydroxylation is 4. The predicted octanol–water partition coefficient (Wildman–Crippen LogP) is 4.98. The zero-order chi connectivity index (χ0) is 21.1. The highest BCUT2D eigenvalue weighted by Crippen LogP contribution is 2.34. The van der Waals surface area contributed by atoms with Gasteiger partial charge in [0.05, 0.1) is 5.69 Å². The zero-order valence-electron chi connectivity index (χ0n) is 18.7. The highest BCUT2D eigenvalue weighted by atomic mass is 16.3. The number of hydrogen-bond acceptors (Lipinski definition) is 5. The van der Waals surface area contributed by atoms with Crippen molar-refractivity contribution in [3.8, 4) is 0 Å². The van der Waals surface area contributed by atoms with Gasteiger partial charge in [0.25, 0.3) is 0 Å². The lowest BCUT2D eigenvalue weighted by Crippen LogP contribution is -2.35. The van der Waals surface area contributed by atoms with Crippen molar-refractivity contribution < 1.29 is 5.11 Å². The van der Waals surface area contributed by atoms with Crippen molar-refractivity contribution in [3.63, 3.8) is 0 Å². The van der Waals surface area contributed by atoms with Gasteiger partial charge in [-0.2, -0.15) is 0 Å². The summed E-state index contributed by atoms with van der Waals surface area (Å²) in [4.78, 5) is 14.1. The van der Waals surface area contributed by atoms with Crippen LogP contribution >= 0.6 is 0 Å². The fraction of sp³-hybridized carbons (Fsp3) is 0.500. The number of benzene rings is 1. The highest BCUT2D eigenvalue weighted by molar-refractivity contribution is 5.72. The Morgan fingerprint density at radius 1 is 1.07 bits per heavy atom. The van der Waals surface area contributed by atoms with Crippen LogP contribution in [0.2, 0.25) is 0 Å². The number of aliphatic hydroxyl groups is 1. The van der Waals surface area contributed by atoms with Gasteiger partial charge in [-0.15, -0.1) is 0 Å². The first-order valence-corrected chi connectivity index (χ1v) is 10.5. The topological polar surface area (TPSA) is 52.5 Å². The second-order valence-electron chi connectivity index (χ2n) is 8.57. The fourth-order valence-corrected chi connectivity index (χ4v) is 4.22. The number of hydrogen-bond donors (Lipinski definition) is 1. The molecule has 2 heterocycles. The number of rotatable bonds is 5. The van der Waals surface area contributed by atoms with Crippen molar-refractivity contribution in [2.45, 2.75) is 54.4 Å². The maximum Gasteiger partial charge on any atom is 0.142 e. The largest absolute Gasteiger partial charge is 0.396 e. The van der Waals surface area contributed by atoms with Gasteiger partial charge in [-0.05, 0) is 71.4 Å². The summed E-state index contributed by atoms with van der Waals surface area (Å²) >= 11 is 0. The molecule has 2 aromatic rings. The molecule has 1 N–H and O–H groups in total. The molecule has 1 aliphatic heterocycles. The summed E-state index contributed by atoms with van der Waals surface area (Å²) in [6, 6.07) is 6.55. The Labute approximate surface area is 175 Å². The fourth-order valence-electron chi connectivity index (χ4n) is 4.22. The first-order valence-electron chi connectivity index (χ1n) is 10.5. The van der Waals surface area contributed by atoms with Crippen LogP contribution in [-0.4, -0.2) is 34.8 Å². The van der Waals surface area contributed by atoms with Crippen LogP contribution in [0.25, 0.3) is 0 Å². The maximum absolute atomic E-state index is 9.43. The number of aromatic nitrogens is 2. The van der Waals surface area contributed by atoms with E-state index < -0.39 is 0 Å². The van der Waals surface area contributed by atoms with Crippen LogP contribution < -0.4 is 9.80 Å². The molecule has 1 aliphatic rings. The van der Waals surface area contributed by atoms with Crippen LogP contribution in [0.4, 0.5) is 17.3 Å². The minimum Gasteiger partial charge on any atom is -0.396 e. The van der Waals surface area contributed by atoms with Gasteiger partial charge in [0, 0.05) is 32.0 Å². The number of aliphatic hydroxyl groups excluding tert-OH is 1. The van der Waals surface area contributed by atoms with E-state index in [1.165, 1.54) is 28.0 Å². The molecular formula is C24H34N4O. The van der Waals surface area contributed by atoms with Crippen LogP contribution in [0.1, 0.15) is 49.2 Å². The summed E-state index contributed by atoms with van der Waals surface area (Å²) in [7, 11) is 0. The Hall–Kier alpha value is -2.40. The number of allylic oxidation sites excluding steroid dienone is 1. The van der Waals surface area contributed by atoms with E-state index in [9.17, 15) is 5.11 Å². The molecule has 0 radical (unpaired) electrons. The average molecular weight is 395 g/mol. The van der Waals surface area contributed by atoms with Crippen LogP contribution in [0.3, 0.4) is 0 Å². The van der Waals surface area contributed by atoms with Crippen molar-refractivity contribution in [1.29, 1.82) is 0 Å². The molecule has 0 spiro atoms. The summed E-state index contributed by atoms with van der Waals surface area (Å²) in [6.07, 6.45) is 4.17. The van der Waals surface area contributed by atoms with E-state index in [2.05, 4.69) is 68.8 Å². The van der Waals surface area contributed by atoms with Gasteiger partial charge in [0.2, 0.25) is 0 Å². The second kappa shape index (κ2) is 8.95. The molecule has 0 bridgehead atoms. The zero-order valence-corrected chi connectivity index (χ0v) is 18.7. The number of nitrogens with zero attached hydrogens (tertiary/aromatic N) is 4. The Bertz CT molecular complexity index is 871. The van der Waals surface area contributed by atoms with Gasteiger partial charge in [0.15, 0.2) is 0 Å². The summed E-state index contributed by atoms with van der Waals surface area (Å²) in [5.41, 5.74) is 6.14. The molecule has 1 aromatic carbocycles. The van der Waals surface area contributed by atoms with E-state index >= 15 is 0 Å². The molecule has 1 saturated heterocycles. The smallest absolute Gasteiger partial charge is 0.142 e. The van der Waals surface area contributed by atoms with Gasteiger partial charge < -0.3 is 14.9 Å². The van der Waals surface area contributed by atoms with Crippen molar-refractivity contribution in [2.75, 3.05) is 29.5 Å². The second-order valence-corrected chi connectivity index (χ2v) is 8.57. The molecule has 0 atom stereocenters. The van der Waals surface area contributed by atoms with Gasteiger partial charge in [-0.1, -0.05) is 23.3 Å². The maximum atomic E-state index is 9.43. The highest BCUT2D eigenvalue weighted by Gasteiger charge is 2.22. The third-order valence-corrected chi connectivity index (χ3v) is 5.52. The van der Waals surface area contributed by atoms with E-state index in [4.69, 9.17) is 9.97 Å². The quantitative estimate of drug-likeness (QED) is 0.775. The molecule has 1 fully saturated rings. The van der Waals surface area contributed by atoms with Gasteiger partial charge >= 0.3 is 0 Å². The molecular weight excluding hydrogens is 360 g/mol. The van der Waals surface area contributed by atoms with E-state index in [0.717, 1.165) is 43.4 Å². The summed E-state index contributed by atoms with van der Waals surface area (Å²) < 4.78 is 0. The molecule has 156 valence electrons. The Morgan fingerprint density at radius 3 is 2.24 bits per heavy atom. The Balaban J connectivity index is 2.04. The average Bonchev–Trinajstić information content (AvgIpc) is 2.65. The minimum absolute atomic E-state index is 0.280. The molecule has 0 unspecified atom stereocenters. The van der Waals surface area contributed by atoms with Crippen LogP contribution in [0.5, 0.6) is 0 Å². The monoisotopic (exact) mass is 394 g/mol. The molecule has 0 amide bonds. The first kappa shape index (κ1) is 21.3. The Kier molecular flexibility index (Phi) is 6.58. The lowest BCUT2D eigenvalue weighted by molar-refractivity contribution is 0.203. The predicted molar refractivity (Wildman–Crippen MR) is 121 cm³/mol. The number of anilines is 3. The molecule has 3 rings (SSSR count). The standard InChI is InChI=1S/C24H34N4O/c1-16(2)14-28(24-18(4)11-17(3)12-19(24)5)23-13-22(25-20(6)26-23)27-9-7-21(15-29)8-10-27/h11-14,21,29H,7-10,15H2,1-6H3.